The molecule has 5 nitrogen and oxygen atoms in total. The summed E-state index contributed by atoms with van der Waals surface area (Å²) in [5.74, 6) is 1.94. The summed E-state index contributed by atoms with van der Waals surface area (Å²) in [6, 6.07) is 8.03. The van der Waals surface area contributed by atoms with Crippen molar-refractivity contribution in [3.63, 3.8) is 0 Å². The number of furan rings is 1. The van der Waals surface area contributed by atoms with Gasteiger partial charge in [0.15, 0.2) is 0 Å². The van der Waals surface area contributed by atoms with Gasteiger partial charge in [-0.1, -0.05) is 30.3 Å². The van der Waals surface area contributed by atoms with E-state index in [1.54, 1.807) is 6.26 Å². The Hall–Kier alpha value is -2.14. The van der Waals surface area contributed by atoms with Gasteiger partial charge in [-0.05, 0) is 31.4 Å². The summed E-state index contributed by atoms with van der Waals surface area (Å²) in [6.45, 7) is 3.26. The number of fused-ring (bicyclic) bond motifs is 1. The molecule has 2 unspecified atom stereocenters. The molecule has 5 heteroatoms. The van der Waals surface area contributed by atoms with Crippen LogP contribution < -0.4 is 5.32 Å². The van der Waals surface area contributed by atoms with Gasteiger partial charge >= 0.3 is 0 Å². The fourth-order valence-electron chi connectivity index (χ4n) is 2.93. The predicted octanol–water partition coefficient (Wildman–Crippen LogP) is 3.54. The summed E-state index contributed by atoms with van der Waals surface area (Å²) >= 11 is 0. The Morgan fingerprint density at radius 1 is 1.29 bits per heavy atom. The molecule has 2 aromatic heterocycles. The number of aromatic nitrogens is 2. The summed E-state index contributed by atoms with van der Waals surface area (Å²) in [7, 11) is 0. The zero-order valence-electron chi connectivity index (χ0n) is 11.9. The highest BCUT2D eigenvalue weighted by Gasteiger charge is 2.25. The molecule has 1 aliphatic heterocycles. The zero-order valence-corrected chi connectivity index (χ0v) is 11.9. The SMILES string of the molecule is CC1CCNC(c2nc(-c3coc4ccccc34)no2)C1. The standard InChI is InChI=1S/C16H17N3O2/c1-10-6-7-17-13(8-10)16-18-15(19-21-16)12-9-20-14-5-3-2-4-11(12)14/h2-5,9-10,13,17H,6-8H2,1H3. The minimum atomic E-state index is 0.160. The lowest BCUT2D eigenvalue weighted by molar-refractivity contribution is 0.260. The number of rotatable bonds is 2. The number of piperidine rings is 1. The molecule has 108 valence electrons. The second-order valence-electron chi connectivity index (χ2n) is 5.74. The van der Waals surface area contributed by atoms with E-state index in [2.05, 4.69) is 22.4 Å². The van der Waals surface area contributed by atoms with E-state index in [1.165, 1.54) is 6.42 Å². The Morgan fingerprint density at radius 3 is 3.10 bits per heavy atom. The maximum atomic E-state index is 5.54. The van der Waals surface area contributed by atoms with Gasteiger partial charge in [0, 0.05) is 5.39 Å². The summed E-state index contributed by atoms with van der Waals surface area (Å²) in [5, 5.41) is 8.57. The molecule has 1 saturated heterocycles. The molecular weight excluding hydrogens is 266 g/mol. The highest BCUT2D eigenvalue weighted by Crippen LogP contribution is 2.31. The van der Waals surface area contributed by atoms with Gasteiger partial charge in [0.25, 0.3) is 0 Å². The van der Waals surface area contributed by atoms with E-state index < -0.39 is 0 Å². The summed E-state index contributed by atoms with van der Waals surface area (Å²) in [4.78, 5) is 4.56. The Labute approximate surface area is 122 Å². The average molecular weight is 283 g/mol. The quantitative estimate of drug-likeness (QED) is 0.779. The maximum Gasteiger partial charge on any atom is 0.244 e. The number of nitrogens with zero attached hydrogens (tertiary/aromatic N) is 2. The van der Waals surface area contributed by atoms with Gasteiger partial charge in [-0.15, -0.1) is 0 Å². The van der Waals surface area contributed by atoms with Crippen molar-refractivity contribution >= 4 is 11.0 Å². The lowest BCUT2D eigenvalue weighted by atomic mass is 9.94. The fraction of sp³-hybridized carbons (Fsp3) is 0.375. The first-order valence-electron chi connectivity index (χ1n) is 7.35. The van der Waals surface area contributed by atoms with E-state index >= 15 is 0 Å². The van der Waals surface area contributed by atoms with E-state index in [9.17, 15) is 0 Å². The van der Waals surface area contributed by atoms with Gasteiger partial charge in [0.05, 0.1) is 11.6 Å². The van der Waals surface area contributed by atoms with Crippen LogP contribution in [0.15, 0.2) is 39.5 Å². The van der Waals surface area contributed by atoms with E-state index in [-0.39, 0.29) is 6.04 Å². The van der Waals surface area contributed by atoms with Gasteiger partial charge < -0.3 is 14.3 Å². The van der Waals surface area contributed by atoms with E-state index in [4.69, 9.17) is 8.94 Å². The highest BCUT2D eigenvalue weighted by atomic mass is 16.5. The molecule has 1 aromatic carbocycles. The Morgan fingerprint density at radius 2 is 2.19 bits per heavy atom. The van der Waals surface area contributed by atoms with Crippen LogP contribution in [0.3, 0.4) is 0 Å². The van der Waals surface area contributed by atoms with E-state index in [0.717, 1.165) is 29.5 Å². The third kappa shape index (κ3) is 2.23. The van der Waals surface area contributed by atoms with E-state index in [1.807, 2.05) is 24.3 Å². The van der Waals surface area contributed by atoms with Crippen LogP contribution in [0.2, 0.25) is 0 Å². The monoisotopic (exact) mass is 283 g/mol. The first-order chi connectivity index (χ1) is 10.3. The van der Waals surface area contributed by atoms with Crippen molar-refractivity contribution in [2.24, 2.45) is 5.92 Å². The van der Waals surface area contributed by atoms with Crippen LogP contribution >= 0.6 is 0 Å². The molecule has 1 fully saturated rings. The molecule has 21 heavy (non-hydrogen) atoms. The van der Waals surface area contributed by atoms with Crippen molar-refractivity contribution in [3.8, 4) is 11.4 Å². The van der Waals surface area contributed by atoms with E-state index in [0.29, 0.717) is 17.6 Å². The average Bonchev–Trinajstić information content (AvgIpc) is 3.14. The zero-order chi connectivity index (χ0) is 14.2. The molecular formula is C16H17N3O2. The largest absolute Gasteiger partial charge is 0.464 e. The molecule has 4 rings (SSSR count). The maximum absolute atomic E-state index is 5.54. The van der Waals surface area contributed by atoms with Crippen molar-refractivity contribution in [1.29, 1.82) is 0 Å². The summed E-state index contributed by atoms with van der Waals surface area (Å²) in [5.41, 5.74) is 1.72. The highest BCUT2D eigenvalue weighted by molar-refractivity contribution is 5.91. The second kappa shape index (κ2) is 5.00. The van der Waals surface area contributed by atoms with Crippen LogP contribution in [0.5, 0.6) is 0 Å². The minimum Gasteiger partial charge on any atom is -0.464 e. The third-order valence-electron chi connectivity index (χ3n) is 4.13. The molecule has 0 spiro atoms. The predicted molar refractivity (Wildman–Crippen MR) is 78.6 cm³/mol. The Bertz CT molecular complexity index is 762. The van der Waals surface area contributed by atoms with Gasteiger partial charge in [-0.3, -0.25) is 0 Å². The molecule has 2 atom stereocenters. The fourth-order valence-corrected chi connectivity index (χ4v) is 2.93. The molecule has 3 heterocycles. The molecule has 3 aromatic rings. The van der Waals surface area contributed by atoms with Gasteiger partial charge in [-0.25, -0.2) is 0 Å². The second-order valence-corrected chi connectivity index (χ2v) is 5.74. The number of para-hydroxylation sites is 1. The van der Waals surface area contributed by atoms with Gasteiger partial charge in [0.2, 0.25) is 11.7 Å². The molecule has 0 radical (unpaired) electrons. The molecule has 0 saturated carbocycles. The van der Waals surface area contributed by atoms with Crippen molar-refractivity contribution in [2.45, 2.75) is 25.8 Å². The van der Waals surface area contributed by atoms with Crippen LogP contribution in [-0.4, -0.2) is 16.7 Å². The van der Waals surface area contributed by atoms with Crippen LogP contribution in [0.1, 0.15) is 31.7 Å². The lowest BCUT2D eigenvalue weighted by Crippen LogP contribution is -2.30. The van der Waals surface area contributed by atoms with Crippen molar-refractivity contribution in [1.82, 2.24) is 15.5 Å². The molecule has 1 aliphatic rings. The molecule has 0 amide bonds. The summed E-state index contributed by atoms with van der Waals surface area (Å²) < 4.78 is 11.0. The topological polar surface area (TPSA) is 64.1 Å². The lowest BCUT2D eigenvalue weighted by Gasteiger charge is -2.25. The van der Waals surface area contributed by atoms with Gasteiger partial charge in [-0.2, -0.15) is 4.98 Å². The molecule has 0 bridgehead atoms. The Kier molecular flexibility index (Phi) is 3.00. The van der Waals surface area contributed by atoms with Crippen molar-refractivity contribution in [2.75, 3.05) is 6.54 Å². The summed E-state index contributed by atoms with van der Waals surface area (Å²) in [6.07, 6.45) is 3.92. The van der Waals surface area contributed by atoms with Crippen LogP contribution in [0.4, 0.5) is 0 Å². The van der Waals surface area contributed by atoms with Crippen LogP contribution in [0, 0.1) is 5.92 Å². The van der Waals surface area contributed by atoms with Crippen LogP contribution in [-0.2, 0) is 0 Å². The normalized spacial score (nSPS) is 22.7. The van der Waals surface area contributed by atoms with Crippen molar-refractivity contribution < 1.29 is 8.94 Å². The number of nitrogens with one attached hydrogen (secondary N) is 1. The molecule has 0 aliphatic carbocycles. The Balaban J connectivity index is 1.68. The first kappa shape index (κ1) is 12.6. The third-order valence-corrected chi connectivity index (χ3v) is 4.13. The number of benzene rings is 1. The molecule has 1 N–H and O–H groups in total. The van der Waals surface area contributed by atoms with Crippen LogP contribution in [0.25, 0.3) is 22.4 Å². The van der Waals surface area contributed by atoms with Gasteiger partial charge in [0.1, 0.15) is 11.8 Å². The number of hydrogen-bond acceptors (Lipinski definition) is 5. The number of hydrogen-bond donors (Lipinski definition) is 1. The van der Waals surface area contributed by atoms with Crippen molar-refractivity contribution in [3.05, 3.63) is 36.4 Å². The minimum absolute atomic E-state index is 0.160. The smallest absolute Gasteiger partial charge is 0.244 e. The first-order valence-corrected chi connectivity index (χ1v) is 7.35.